The Kier molecular flexibility index (Phi) is 5.71. The van der Waals surface area contributed by atoms with Gasteiger partial charge >= 0.3 is 0 Å². The second-order valence-corrected chi connectivity index (χ2v) is 8.53. The van der Waals surface area contributed by atoms with E-state index in [-0.39, 0.29) is 4.75 Å². The van der Waals surface area contributed by atoms with E-state index in [0.29, 0.717) is 11.4 Å². The molecule has 0 aromatic heterocycles. The molecular weight excluding hydrogens is 304 g/mol. The van der Waals surface area contributed by atoms with Crippen LogP contribution >= 0.6 is 11.8 Å². The van der Waals surface area contributed by atoms with Gasteiger partial charge in [0.25, 0.3) is 0 Å². The molecule has 0 heterocycles. The van der Waals surface area contributed by atoms with Gasteiger partial charge < -0.3 is 5.32 Å². The van der Waals surface area contributed by atoms with Crippen molar-refractivity contribution in [2.75, 3.05) is 19.3 Å². The Morgan fingerprint density at radius 3 is 2.38 bits per heavy atom. The Bertz CT molecular complexity index is 546. The van der Waals surface area contributed by atoms with Crippen LogP contribution < -0.4 is 10.0 Å². The van der Waals surface area contributed by atoms with E-state index in [0.717, 1.165) is 31.5 Å². The molecule has 0 bridgehead atoms. The van der Waals surface area contributed by atoms with E-state index < -0.39 is 10.0 Å². The van der Waals surface area contributed by atoms with Gasteiger partial charge in [0.1, 0.15) is 0 Å². The molecule has 0 aliphatic heterocycles. The monoisotopic (exact) mass is 328 g/mol. The Labute approximate surface area is 132 Å². The first-order valence-corrected chi connectivity index (χ1v) is 10.1. The van der Waals surface area contributed by atoms with Crippen LogP contribution in [0.15, 0.2) is 29.2 Å². The summed E-state index contributed by atoms with van der Waals surface area (Å²) >= 11 is 1.77. The average Bonchev–Trinajstić information content (AvgIpc) is 2.45. The Hall–Kier alpha value is -0.560. The lowest BCUT2D eigenvalue weighted by Crippen LogP contribution is -2.45. The molecule has 0 unspecified atom stereocenters. The summed E-state index contributed by atoms with van der Waals surface area (Å²) in [7, 11) is -3.40. The molecule has 4 nitrogen and oxygen atoms in total. The minimum atomic E-state index is -3.40. The predicted octanol–water partition coefficient (Wildman–Crippen LogP) is 2.36. The van der Waals surface area contributed by atoms with Crippen molar-refractivity contribution in [3.05, 3.63) is 29.8 Å². The zero-order valence-corrected chi connectivity index (χ0v) is 14.3. The Morgan fingerprint density at radius 1 is 1.24 bits per heavy atom. The molecule has 1 fully saturated rings. The summed E-state index contributed by atoms with van der Waals surface area (Å²) in [5.41, 5.74) is 1.09. The van der Waals surface area contributed by atoms with Crippen molar-refractivity contribution in [2.45, 2.75) is 42.4 Å². The van der Waals surface area contributed by atoms with Gasteiger partial charge in [-0.2, -0.15) is 11.8 Å². The van der Waals surface area contributed by atoms with Crippen molar-refractivity contribution < 1.29 is 8.42 Å². The zero-order valence-electron chi connectivity index (χ0n) is 12.7. The molecule has 1 saturated carbocycles. The maximum Gasteiger partial charge on any atom is 0.240 e. The summed E-state index contributed by atoms with van der Waals surface area (Å²) in [6.07, 6.45) is 5.45. The van der Waals surface area contributed by atoms with Gasteiger partial charge in [-0.25, -0.2) is 13.1 Å². The van der Waals surface area contributed by atoms with Crippen LogP contribution in [0.1, 0.15) is 31.7 Å². The Balaban J connectivity index is 1.98. The van der Waals surface area contributed by atoms with E-state index in [9.17, 15) is 8.42 Å². The number of sulfonamides is 1. The molecule has 21 heavy (non-hydrogen) atoms. The number of nitrogens with one attached hydrogen (secondary N) is 2. The van der Waals surface area contributed by atoms with Crippen LogP contribution in [0, 0.1) is 0 Å². The summed E-state index contributed by atoms with van der Waals surface area (Å²) in [4.78, 5) is 0.346. The van der Waals surface area contributed by atoms with Gasteiger partial charge in [-0.1, -0.05) is 25.5 Å². The average molecular weight is 329 g/mol. The van der Waals surface area contributed by atoms with Crippen molar-refractivity contribution in [3.63, 3.8) is 0 Å². The molecule has 0 amide bonds. The lowest BCUT2D eigenvalue weighted by atomic mass is 9.84. The minimum absolute atomic E-state index is 0.109. The predicted molar refractivity (Wildman–Crippen MR) is 89.1 cm³/mol. The highest BCUT2D eigenvalue weighted by molar-refractivity contribution is 8.00. The smallest absolute Gasteiger partial charge is 0.240 e. The van der Waals surface area contributed by atoms with E-state index in [2.05, 4.69) is 16.3 Å². The third-order valence-corrected chi connectivity index (χ3v) is 6.93. The fourth-order valence-electron chi connectivity index (χ4n) is 2.39. The standard InChI is InChI=1S/C15H24N2O2S2/c1-3-16-11-13-5-7-14(8-6-13)21(18,19)17-12-15(20-2)9-4-10-15/h5-8,16-17H,3-4,9-12H2,1-2H3. The summed E-state index contributed by atoms with van der Waals surface area (Å²) in [5, 5.41) is 3.22. The van der Waals surface area contributed by atoms with Gasteiger partial charge in [0.15, 0.2) is 0 Å². The molecule has 2 N–H and O–H groups in total. The SMILES string of the molecule is CCNCc1ccc(S(=O)(=O)NCC2(SC)CCC2)cc1. The van der Waals surface area contributed by atoms with E-state index >= 15 is 0 Å². The molecule has 0 spiro atoms. The largest absolute Gasteiger partial charge is 0.313 e. The summed E-state index contributed by atoms with van der Waals surface area (Å²) < 4.78 is 27.5. The van der Waals surface area contributed by atoms with Crippen molar-refractivity contribution in [3.8, 4) is 0 Å². The molecule has 1 aliphatic carbocycles. The van der Waals surface area contributed by atoms with Gasteiger partial charge in [0.05, 0.1) is 4.90 Å². The highest BCUT2D eigenvalue weighted by Crippen LogP contribution is 2.42. The van der Waals surface area contributed by atoms with E-state index in [1.165, 1.54) is 6.42 Å². The van der Waals surface area contributed by atoms with Gasteiger partial charge in [0.2, 0.25) is 10.0 Å². The fourth-order valence-corrected chi connectivity index (χ4v) is 4.52. The fraction of sp³-hybridized carbons (Fsp3) is 0.600. The van der Waals surface area contributed by atoms with Crippen LogP contribution in [0.25, 0.3) is 0 Å². The minimum Gasteiger partial charge on any atom is -0.313 e. The first-order valence-electron chi connectivity index (χ1n) is 7.36. The van der Waals surface area contributed by atoms with E-state index in [1.54, 1.807) is 23.9 Å². The lowest BCUT2D eigenvalue weighted by Gasteiger charge is -2.40. The maximum absolute atomic E-state index is 12.3. The molecule has 1 aromatic rings. The van der Waals surface area contributed by atoms with Crippen molar-refractivity contribution in [1.82, 2.24) is 10.0 Å². The molecule has 1 aromatic carbocycles. The first kappa shape index (κ1) is 16.8. The number of rotatable bonds is 8. The van der Waals surface area contributed by atoms with E-state index in [4.69, 9.17) is 0 Å². The zero-order chi connectivity index (χ0) is 15.3. The summed E-state index contributed by atoms with van der Waals surface area (Å²) in [6.45, 7) is 4.23. The maximum atomic E-state index is 12.3. The van der Waals surface area contributed by atoms with Crippen LogP contribution in [-0.2, 0) is 16.6 Å². The highest BCUT2D eigenvalue weighted by atomic mass is 32.2. The van der Waals surface area contributed by atoms with Crippen LogP contribution in [0.4, 0.5) is 0 Å². The van der Waals surface area contributed by atoms with Crippen LogP contribution in [-0.4, -0.2) is 32.5 Å². The summed E-state index contributed by atoms with van der Waals surface area (Å²) in [6, 6.07) is 7.10. The number of benzene rings is 1. The molecule has 6 heteroatoms. The third-order valence-electron chi connectivity index (χ3n) is 4.09. The van der Waals surface area contributed by atoms with Gasteiger partial charge in [0, 0.05) is 17.8 Å². The second kappa shape index (κ2) is 7.13. The first-order chi connectivity index (χ1) is 10.0. The molecule has 0 saturated heterocycles. The molecular formula is C15H24N2O2S2. The molecule has 118 valence electrons. The van der Waals surface area contributed by atoms with Crippen LogP contribution in [0.2, 0.25) is 0 Å². The van der Waals surface area contributed by atoms with Crippen molar-refractivity contribution in [2.24, 2.45) is 0 Å². The third kappa shape index (κ3) is 4.22. The second-order valence-electron chi connectivity index (χ2n) is 5.49. The normalized spacial score (nSPS) is 17.4. The van der Waals surface area contributed by atoms with Crippen molar-refractivity contribution in [1.29, 1.82) is 0 Å². The van der Waals surface area contributed by atoms with Gasteiger partial charge in [-0.05, 0) is 43.3 Å². The highest BCUT2D eigenvalue weighted by Gasteiger charge is 2.37. The number of thioether (sulfide) groups is 1. The van der Waals surface area contributed by atoms with Crippen molar-refractivity contribution >= 4 is 21.8 Å². The van der Waals surface area contributed by atoms with Gasteiger partial charge in [-0.3, -0.25) is 0 Å². The van der Waals surface area contributed by atoms with Gasteiger partial charge in [-0.15, -0.1) is 0 Å². The van der Waals surface area contributed by atoms with Crippen LogP contribution in [0.3, 0.4) is 0 Å². The number of hydrogen-bond acceptors (Lipinski definition) is 4. The quantitative estimate of drug-likeness (QED) is 0.769. The lowest BCUT2D eigenvalue weighted by molar-refractivity contribution is 0.362. The molecule has 2 rings (SSSR count). The molecule has 0 radical (unpaired) electrons. The molecule has 0 atom stereocenters. The molecule has 1 aliphatic rings. The Morgan fingerprint density at radius 2 is 1.90 bits per heavy atom. The van der Waals surface area contributed by atoms with Crippen LogP contribution in [0.5, 0.6) is 0 Å². The summed E-state index contributed by atoms with van der Waals surface area (Å²) in [5.74, 6) is 0. The number of hydrogen-bond donors (Lipinski definition) is 2. The topological polar surface area (TPSA) is 58.2 Å². The van der Waals surface area contributed by atoms with E-state index in [1.807, 2.05) is 19.1 Å².